The van der Waals surface area contributed by atoms with Crippen LogP contribution in [0.3, 0.4) is 0 Å². The van der Waals surface area contributed by atoms with Crippen molar-refractivity contribution >= 4 is 27.7 Å². The van der Waals surface area contributed by atoms with Crippen molar-refractivity contribution < 1.29 is 19.0 Å². The third-order valence-corrected chi connectivity index (χ3v) is 2.29. The SMILES string of the molecule is COC(=O)Nc1c(F)ccc(O)c1Br. The highest BCUT2D eigenvalue weighted by atomic mass is 79.9. The molecule has 76 valence electrons. The normalized spacial score (nSPS) is 9.64. The van der Waals surface area contributed by atoms with Crippen LogP contribution in [0.25, 0.3) is 0 Å². The van der Waals surface area contributed by atoms with Crippen LogP contribution in [-0.2, 0) is 4.74 Å². The van der Waals surface area contributed by atoms with Gasteiger partial charge in [0.2, 0.25) is 0 Å². The number of phenolic OH excluding ortho intramolecular Hbond substituents is 1. The fourth-order valence-electron chi connectivity index (χ4n) is 0.809. The zero-order valence-electron chi connectivity index (χ0n) is 7.17. The van der Waals surface area contributed by atoms with Gasteiger partial charge in [-0.3, -0.25) is 5.32 Å². The van der Waals surface area contributed by atoms with Crippen molar-refractivity contribution in [2.75, 3.05) is 12.4 Å². The largest absolute Gasteiger partial charge is 0.507 e. The Morgan fingerprint density at radius 2 is 2.29 bits per heavy atom. The predicted molar refractivity (Wildman–Crippen MR) is 51.8 cm³/mol. The van der Waals surface area contributed by atoms with E-state index in [1.54, 1.807) is 0 Å². The number of aromatic hydroxyl groups is 1. The Hall–Kier alpha value is -1.30. The molecule has 0 aliphatic rings. The number of nitrogens with one attached hydrogen (secondary N) is 1. The second kappa shape index (κ2) is 4.28. The van der Waals surface area contributed by atoms with Crippen LogP contribution in [0.4, 0.5) is 14.9 Å². The van der Waals surface area contributed by atoms with Gasteiger partial charge in [-0.1, -0.05) is 0 Å². The van der Waals surface area contributed by atoms with Gasteiger partial charge in [-0.05, 0) is 28.1 Å². The van der Waals surface area contributed by atoms with E-state index >= 15 is 0 Å². The molecule has 2 N–H and O–H groups in total. The molecule has 1 aromatic rings. The summed E-state index contributed by atoms with van der Waals surface area (Å²) < 4.78 is 17.5. The summed E-state index contributed by atoms with van der Waals surface area (Å²) in [4.78, 5) is 10.8. The zero-order chi connectivity index (χ0) is 10.7. The number of hydrogen-bond acceptors (Lipinski definition) is 3. The molecule has 0 spiro atoms. The second-order valence-corrected chi connectivity index (χ2v) is 3.17. The van der Waals surface area contributed by atoms with Crippen molar-refractivity contribution in [3.05, 3.63) is 22.4 Å². The smallest absolute Gasteiger partial charge is 0.411 e. The van der Waals surface area contributed by atoms with Gasteiger partial charge in [0.15, 0.2) is 0 Å². The molecule has 1 amide bonds. The lowest BCUT2D eigenvalue weighted by Crippen LogP contribution is -2.12. The molecular formula is C8H7BrFNO3. The number of benzene rings is 1. The Morgan fingerprint density at radius 1 is 1.64 bits per heavy atom. The number of ether oxygens (including phenoxy) is 1. The number of phenols is 1. The Kier molecular flexibility index (Phi) is 3.29. The number of carbonyl (C=O) groups excluding carboxylic acids is 1. The number of methoxy groups -OCH3 is 1. The lowest BCUT2D eigenvalue weighted by atomic mass is 10.3. The average molecular weight is 264 g/mol. The van der Waals surface area contributed by atoms with Crippen LogP contribution in [0.5, 0.6) is 5.75 Å². The van der Waals surface area contributed by atoms with Crippen molar-refractivity contribution in [2.24, 2.45) is 0 Å². The first kappa shape index (κ1) is 10.8. The average Bonchev–Trinajstić information content (AvgIpc) is 2.18. The number of amides is 1. The molecule has 0 saturated carbocycles. The van der Waals surface area contributed by atoms with Crippen LogP contribution in [0.15, 0.2) is 16.6 Å². The first-order valence-corrected chi connectivity index (χ1v) is 4.37. The van der Waals surface area contributed by atoms with Gasteiger partial charge < -0.3 is 9.84 Å². The lowest BCUT2D eigenvalue weighted by Gasteiger charge is -2.08. The molecule has 0 heterocycles. The van der Waals surface area contributed by atoms with E-state index in [-0.39, 0.29) is 15.9 Å². The minimum absolute atomic E-state index is 0.0721. The third kappa shape index (κ3) is 2.14. The molecule has 0 saturated heterocycles. The van der Waals surface area contributed by atoms with Crippen LogP contribution in [0, 0.1) is 5.82 Å². The molecule has 1 aromatic carbocycles. The van der Waals surface area contributed by atoms with Crippen LogP contribution in [0.1, 0.15) is 0 Å². The summed E-state index contributed by atoms with van der Waals surface area (Å²) in [7, 11) is 1.16. The Balaban J connectivity index is 3.06. The molecule has 14 heavy (non-hydrogen) atoms. The first-order chi connectivity index (χ1) is 6.56. The highest BCUT2D eigenvalue weighted by Gasteiger charge is 2.13. The van der Waals surface area contributed by atoms with E-state index in [0.29, 0.717) is 0 Å². The standard InChI is InChI=1S/C8H7BrFNO3/c1-14-8(13)11-7-4(10)2-3-5(12)6(7)9/h2-3,12H,1H3,(H,11,13). The van der Waals surface area contributed by atoms with Gasteiger partial charge in [-0.25, -0.2) is 9.18 Å². The third-order valence-electron chi connectivity index (χ3n) is 1.48. The summed E-state index contributed by atoms with van der Waals surface area (Å²) in [5.74, 6) is -0.835. The summed E-state index contributed by atoms with van der Waals surface area (Å²) in [5, 5.41) is 11.3. The molecule has 0 fully saturated rings. The van der Waals surface area contributed by atoms with Gasteiger partial charge in [0.25, 0.3) is 0 Å². The Labute approximate surface area is 87.8 Å². The minimum atomic E-state index is -0.810. The molecule has 0 aromatic heterocycles. The monoisotopic (exact) mass is 263 g/mol. The van der Waals surface area contributed by atoms with Crippen molar-refractivity contribution in [3.8, 4) is 5.75 Å². The van der Waals surface area contributed by atoms with E-state index in [4.69, 9.17) is 0 Å². The van der Waals surface area contributed by atoms with Gasteiger partial charge in [0.1, 0.15) is 11.6 Å². The number of rotatable bonds is 1. The maximum absolute atomic E-state index is 13.1. The number of hydrogen-bond donors (Lipinski definition) is 2. The fourth-order valence-corrected chi connectivity index (χ4v) is 1.23. The second-order valence-electron chi connectivity index (χ2n) is 2.37. The van der Waals surface area contributed by atoms with Crippen LogP contribution >= 0.6 is 15.9 Å². The lowest BCUT2D eigenvalue weighted by molar-refractivity contribution is 0.186. The van der Waals surface area contributed by atoms with Crippen LogP contribution in [-0.4, -0.2) is 18.3 Å². The summed E-state index contributed by atoms with van der Waals surface area (Å²) in [6.45, 7) is 0. The van der Waals surface area contributed by atoms with Crippen LogP contribution < -0.4 is 5.32 Å². The topological polar surface area (TPSA) is 58.6 Å². The van der Waals surface area contributed by atoms with Crippen molar-refractivity contribution in [1.82, 2.24) is 0 Å². The zero-order valence-corrected chi connectivity index (χ0v) is 8.76. The van der Waals surface area contributed by atoms with E-state index in [9.17, 15) is 14.3 Å². The number of carbonyl (C=O) groups is 1. The van der Waals surface area contributed by atoms with Crippen molar-refractivity contribution in [3.63, 3.8) is 0 Å². The van der Waals surface area contributed by atoms with Gasteiger partial charge in [-0.2, -0.15) is 0 Å². The molecular weight excluding hydrogens is 257 g/mol. The number of anilines is 1. The summed E-state index contributed by atoms with van der Waals surface area (Å²) in [5.41, 5.74) is -0.156. The number of halogens is 2. The van der Waals surface area contributed by atoms with Gasteiger partial charge >= 0.3 is 6.09 Å². The molecule has 4 nitrogen and oxygen atoms in total. The highest BCUT2D eigenvalue weighted by Crippen LogP contribution is 2.33. The van der Waals surface area contributed by atoms with Gasteiger partial charge in [0.05, 0.1) is 17.3 Å². The van der Waals surface area contributed by atoms with E-state index in [1.807, 2.05) is 0 Å². The van der Waals surface area contributed by atoms with E-state index in [0.717, 1.165) is 13.2 Å². The summed E-state index contributed by atoms with van der Waals surface area (Å²) in [6, 6.07) is 2.20. The molecule has 0 atom stereocenters. The molecule has 0 bridgehead atoms. The highest BCUT2D eigenvalue weighted by molar-refractivity contribution is 9.10. The molecule has 6 heteroatoms. The van der Waals surface area contributed by atoms with Crippen molar-refractivity contribution in [2.45, 2.75) is 0 Å². The maximum atomic E-state index is 13.1. The fraction of sp³-hybridized carbons (Fsp3) is 0.125. The molecule has 0 aliphatic heterocycles. The first-order valence-electron chi connectivity index (χ1n) is 3.58. The molecule has 0 radical (unpaired) electrons. The Morgan fingerprint density at radius 3 is 2.86 bits per heavy atom. The van der Waals surface area contributed by atoms with Crippen molar-refractivity contribution in [1.29, 1.82) is 0 Å². The minimum Gasteiger partial charge on any atom is -0.507 e. The quantitative estimate of drug-likeness (QED) is 0.819. The van der Waals surface area contributed by atoms with Gasteiger partial charge in [0, 0.05) is 0 Å². The predicted octanol–water partition coefficient (Wildman–Crippen LogP) is 2.47. The van der Waals surface area contributed by atoms with E-state index in [2.05, 4.69) is 26.0 Å². The summed E-state index contributed by atoms with van der Waals surface area (Å²) in [6.07, 6.45) is -0.810. The van der Waals surface area contributed by atoms with Crippen LogP contribution in [0.2, 0.25) is 0 Å². The molecule has 0 unspecified atom stereocenters. The molecule has 0 aliphatic carbocycles. The van der Waals surface area contributed by atoms with E-state index in [1.165, 1.54) is 6.07 Å². The Bertz CT molecular complexity index is 370. The molecule has 1 rings (SSSR count). The maximum Gasteiger partial charge on any atom is 0.411 e. The van der Waals surface area contributed by atoms with E-state index < -0.39 is 11.9 Å². The summed E-state index contributed by atoms with van der Waals surface area (Å²) >= 11 is 2.93. The van der Waals surface area contributed by atoms with Gasteiger partial charge in [-0.15, -0.1) is 0 Å².